The number of nitrogens with one attached hydrogen (secondary N) is 1. The number of hydrogen-bond acceptors (Lipinski definition) is 3. The van der Waals surface area contributed by atoms with E-state index in [2.05, 4.69) is 5.32 Å². The normalized spacial score (nSPS) is 14.6. The van der Waals surface area contributed by atoms with Crippen LogP contribution in [0, 0.1) is 11.8 Å². The van der Waals surface area contributed by atoms with Gasteiger partial charge in [0.1, 0.15) is 6.04 Å². The van der Waals surface area contributed by atoms with Gasteiger partial charge in [-0.3, -0.25) is 4.79 Å². The molecule has 5 nitrogen and oxygen atoms in total. The van der Waals surface area contributed by atoms with Gasteiger partial charge in [-0.15, -0.1) is 0 Å². The number of carboxylic acids is 1. The Labute approximate surface area is 96.4 Å². The number of rotatable bonds is 7. The van der Waals surface area contributed by atoms with Gasteiger partial charge in [-0.05, 0) is 18.8 Å². The van der Waals surface area contributed by atoms with E-state index in [1.807, 2.05) is 20.8 Å². The van der Waals surface area contributed by atoms with Crippen molar-refractivity contribution in [3.05, 3.63) is 0 Å². The fraction of sp³-hybridized carbons (Fsp3) is 0.818. The van der Waals surface area contributed by atoms with E-state index in [1.165, 1.54) is 0 Å². The molecule has 5 heteroatoms. The summed E-state index contributed by atoms with van der Waals surface area (Å²) in [6.07, 6.45) is 1.05. The number of nitrogens with two attached hydrogens (primary N) is 1. The van der Waals surface area contributed by atoms with Crippen molar-refractivity contribution >= 4 is 11.9 Å². The molecule has 16 heavy (non-hydrogen) atoms. The van der Waals surface area contributed by atoms with Crippen LogP contribution < -0.4 is 11.1 Å². The Kier molecular flexibility index (Phi) is 6.72. The van der Waals surface area contributed by atoms with Gasteiger partial charge in [0.15, 0.2) is 0 Å². The molecular formula is C11H22N2O3. The Hall–Kier alpha value is -1.10. The number of carbonyl (C=O) groups excluding carboxylic acids is 1. The second kappa shape index (κ2) is 7.22. The molecule has 0 aliphatic carbocycles. The van der Waals surface area contributed by atoms with Crippen LogP contribution in [0.3, 0.4) is 0 Å². The fourth-order valence-electron chi connectivity index (χ4n) is 1.44. The van der Waals surface area contributed by atoms with Crippen LogP contribution in [0.4, 0.5) is 0 Å². The van der Waals surface area contributed by atoms with E-state index in [4.69, 9.17) is 10.8 Å². The minimum Gasteiger partial charge on any atom is -0.480 e. The van der Waals surface area contributed by atoms with Gasteiger partial charge in [-0.1, -0.05) is 20.8 Å². The number of carbonyl (C=O) groups is 2. The van der Waals surface area contributed by atoms with Crippen molar-refractivity contribution in [1.29, 1.82) is 0 Å². The fourth-order valence-corrected chi connectivity index (χ4v) is 1.44. The molecule has 0 rings (SSSR count). The van der Waals surface area contributed by atoms with Crippen molar-refractivity contribution in [3.8, 4) is 0 Å². The largest absolute Gasteiger partial charge is 0.480 e. The van der Waals surface area contributed by atoms with Gasteiger partial charge in [0.25, 0.3) is 0 Å². The van der Waals surface area contributed by atoms with Gasteiger partial charge < -0.3 is 16.2 Å². The lowest BCUT2D eigenvalue weighted by atomic mass is 10.0. The second-order valence-corrected chi connectivity index (χ2v) is 4.37. The monoisotopic (exact) mass is 230 g/mol. The molecular weight excluding hydrogens is 208 g/mol. The van der Waals surface area contributed by atoms with Gasteiger partial charge in [-0.25, -0.2) is 4.79 Å². The lowest BCUT2D eigenvalue weighted by molar-refractivity contribution is -0.142. The third-order valence-electron chi connectivity index (χ3n) is 2.47. The topological polar surface area (TPSA) is 92.4 Å². The first-order valence-corrected chi connectivity index (χ1v) is 5.65. The average Bonchev–Trinajstić information content (AvgIpc) is 2.17. The van der Waals surface area contributed by atoms with Crippen LogP contribution in [-0.2, 0) is 9.59 Å². The van der Waals surface area contributed by atoms with Crippen LogP contribution in [0.25, 0.3) is 0 Å². The Morgan fingerprint density at radius 1 is 1.38 bits per heavy atom. The van der Waals surface area contributed by atoms with Crippen LogP contribution >= 0.6 is 0 Å². The maximum absolute atomic E-state index is 11.6. The predicted octanol–water partition coefficient (Wildman–Crippen LogP) is 0.587. The van der Waals surface area contributed by atoms with Crippen molar-refractivity contribution < 1.29 is 14.7 Å². The van der Waals surface area contributed by atoms with Gasteiger partial charge in [0.2, 0.25) is 5.91 Å². The highest BCUT2D eigenvalue weighted by Gasteiger charge is 2.24. The first-order valence-electron chi connectivity index (χ1n) is 5.65. The van der Waals surface area contributed by atoms with Crippen molar-refractivity contribution in [2.45, 2.75) is 39.7 Å². The number of carboxylic acid groups (broad SMARTS) is 1. The quantitative estimate of drug-likeness (QED) is 0.596. The molecule has 0 aromatic heterocycles. The summed E-state index contributed by atoms with van der Waals surface area (Å²) in [6, 6.07) is -0.812. The third-order valence-corrected chi connectivity index (χ3v) is 2.47. The standard InChI is InChI=1S/C11H22N2O3/c1-4-8(6-12)10(14)13-9(11(15)16)5-7(2)3/h7-9H,4-6,12H2,1-3H3,(H,13,14)(H,15,16)/t8?,9-/m1/s1. The van der Waals surface area contributed by atoms with E-state index in [-0.39, 0.29) is 24.3 Å². The van der Waals surface area contributed by atoms with E-state index >= 15 is 0 Å². The van der Waals surface area contributed by atoms with E-state index in [0.29, 0.717) is 12.8 Å². The molecule has 0 heterocycles. The lowest BCUT2D eigenvalue weighted by Crippen LogP contribution is -2.45. The summed E-state index contributed by atoms with van der Waals surface area (Å²) in [5.74, 6) is -1.33. The van der Waals surface area contributed by atoms with E-state index in [0.717, 1.165) is 0 Å². The zero-order chi connectivity index (χ0) is 12.7. The molecule has 94 valence electrons. The van der Waals surface area contributed by atoms with Crippen LogP contribution in [0.5, 0.6) is 0 Å². The Morgan fingerprint density at radius 2 is 1.94 bits per heavy atom. The van der Waals surface area contributed by atoms with Gasteiger partial charge in [0, 0.05) is 12.5 Å². The Balaban J connectivity index is 4.39. The van der Waals surface area contributed by atoms with Crippen LogP contribution in [-0.4, -0.2) is 29.6 Å². The molecule has 0 saturated heterocycles. The molecule has 0 saturated carbocycles. The van der Waals surface area contributed by atoms with Gasteiger partial charge >= 0.3 is 5.97 Å². The number of aliphatic carboxylic acids is 1. The van der Waals surface area contributed by atoms with Gasteiger partial charge in [-0.2, -0.15) is 0 Å². The molecule has 0 bridgehead atoms. The summed E-state index contributed by atoms with van der Waals surface area (Å²) >= 11 is 0. The van der Waals surface area contributed by atoms with Crippen LogP contribution in [0.1, 0.15) is 33.6 Å². The van der Waals surface area contributed by atoms with Gasteiger partial charge in [0.05, 0.1) is 0 Å². The van der Waals surface area contributed by atoms with Crippen LogP contribution in [0.15, 0.2) is 0 Å². The molecule has 2 atom stereocenters. The van der Waals surface area contributed by atoms with Crippen molar-refractivity contribution in [2.75, 3.05) is 6.54 Å². The molecule has 0 aliphatic rings. The predicted molar refractivity (Wildman–Crippen MR) is 61.9 cm³/mol. The minimum atomic E-state index is -0.992. The highest BCUT2D eigenvalue weighted by Crippen LogP contribution is 2.07. The highest BCUT2D eigenvalue weighted by molar-refractivity contribution is 5.85. The number of hydrogen-bond donors (Lipinski definition) is 3. The first kappa shape index (κ1) is 14.9. The molecule has 4 N–H and O–H groups in total. The highest BCUT2D eigenvalue weighted by atomic mass is 16.4. The smallest absolute Gasteiger partial charge is 0.326 e. The van der Waals surface area contributed by atoms with E-state index < -0.39 is 12.0 Å². The van der Waals surface area contributed by atoms with E-state index in [1.54, 1.807) is 0 Å². The summed E-state index contributed by atoms with van der Waals surface area (Å²) in [4.78, 5) is 22.6. The Morgan fingerprint density at radius 3 is 2.25 bits per heavy atom. The molecule has 0 aromatic carbocycles. The number of amides is 1. The summed E-state index contributed by atoms with van der Waals surface area (Å²) in [5.41, 5.74) is 5.43. The molecule has 0 aliphatic heterocycles. The van der Waals surface area contributed by atoms with Crippen molar-refractivity contribution in [3.63, 3.8) is 0 Å². The van der Waals surface area contributed by atoms with Crippen LogP contribution in [0.2, 0.25) is 0 Å². The molecule has 0 aromatic rings. The summed E-state index contributed by atoms with van der Waals surface area (Å²) in [7, 11) is 0. The lowest BCUT2D eigenvalue weighted by Gasteiger charge is -2.19. The molecule has 1 unspecified atom stereocenters. The molecule has 0 fully saturated rings. The zero-order valence-electron chi connectivity index (χ0n) is 10.2. The second-order valence-electron chi connectivity index (χ2n) is 4.37. The average molecular weight is 230 g/mol. The summed E-state index contributed by atoms with van der Waals surface area (Å²) < 4.78 is 0. The zero-order valence-corrected chi connectivity index (χ0v) is 10.2. The maximum atomic E-state index is 11.6. The maximum Gasteiger partial charge on any atom is 0.326 e. The van der Waals surface area contributed by atoms with E-state index in [9.17, 15) is 9.59 Å². The molecule has 1 amide bonds. The Bertz CT molecular complexity index is 237. The molecule has 0 radical (unpaired) electrons. The molecule has 0 spiro atoms. The SMILES string of the molecule is CCC(CN)C(=O)N[C@H](CC(C)C)C(=O)O. The van der Waals surface area contributed by atoms with Crippen molar-refractivity contribution in [2.24, 2.45) is 17.6 Å². The minimum absolute atomic E-state index is 0.222. The first-order chi connectivity index (χ1) is 7.42. The summed E-state index contributed by atoms with van der Waals surface area (Å²) in [6.45, 7) is 5.94. The third kappa shape index (κ3) is 5.11. The summed E-state index contributed by atoms with van der Waals surface area (Å²) in [5, 5.41) is 11.5. The van der Waals surface area contributed by atoms with Crippen molar-refractivity contribution in [1.82, 2.24) is 5.32 Å².